The summed E-state index contributed by atoms with van der Waals surface area (Å²) < 4.78 is 0. The van der Waals surface area contributed by atoms with Crippen LogP contribution in [0.4, 0.5) is 0 Å². The zero-order chi connectivity index (χ0) is 18.8. The Morgan fingerprint density at radius 1 is 0.885 bits per heavy atom. The number of thiocarbonyl (C=S) groups is 1. The van der Waals surface area contributed by atoms with Gasteiger partial charge in [-0.2, -0.15) is 0 Å². The highest BCUT2D eigenvalue weighted by atomic mass is 32.1. The van der Waals surface area contributed by atoms with Gasteiger partial charge in [0.05, 0.1) is 6.54 Å². The van der Waals surface area contributed by atoms with Crippen molar-refractivity contribution in [2.24, 2.45) is 0 Å². The van der Waals surface area contributed by atoms with Gasteiger partial charge in [0, 0.05) is 25.7 Å². The number of benzene rings is 2. The fourth-order valence-electron chi connectivity index (χ4n) is 2.23. The van der Waals surface area contributed by atoms with E-state index in [1.165, 1.54) is 0 Å². The van der Waals surface area contributed by atoms with E-state index in [0.29, 0.717) is 23.8 Å². The average Bonchev–Trinajstić information content (AvgIpc) is 2.69. The SMILES string of the molecule is CNC(=O)c1cccc(CNC(=S)NCC(=O)NCc2ccccc2)c1. The Morgan fingerprint density at radius 3 is 2.31 bits per heavy atom. The molecule has 0 spiro atoms. The molecule has 0 heterocycles. The summed E-state index contributed by atoms with van der Waals surface area (Å²) in [5.41, 5.74) is 2.55. The number of hydrogen-bond acceptors (Lipinski definition) is 3. The molecule has 0 bridgehead atoms. The van der Waals surface area contributed by atoms with Gasteiger partial charge in [-0.25, -0.2) is 0 Å². The van der Waals surface area contributed by atoms with Gasteiger partial charge in [0.25, 0.3) is 5.91 Å². The highest BCUT2D eigenvalue weighted by Gasteiger charge is 2.05. The van der Waals surface area contributed by atoms with Gasteiger partial charge in [-0.3, -0.25) is 9.59 Å². The zero-order valence-corrected chi connectivity index (χ0v) is 15.4. The van der Waals surface area contributed by atoms with Crippen molar-refractivity contribution in [1.29, 1.82) is 0 Å². The van der Waals surface area contributed by atoms with E-state index in [2.05, 4.69) is 21.3 Å². The van der Waals surface area contributed by atoms with E-state index in [0.717, 1.165) is 11.1 Å². The quantitative estimate of drug-likeness (QED) is 0.553. The molecule has 0 saturated heterocycles. The number of carbonyl (C=O) groups is 2. The minimum Gasteiger partial charge on any atom is -0.359 e. The number of carbonyl (C=O) groups excluding carboxylic acids is 2. The summed E-state index contributed by atoms with van der Waals surface area (Å²) in [6.07, 6.45) is 0. The molecule has 0 unspecified atom stereocenters. The fraction of sp³-hybridized carbons (Fsp3) is 0.211. The van der Waals surface area contributed by atoms with Crippen molar-refractivity contribution >= 4 is 29.1 Å². The molecule has 0 aliphatic carbocycles. The first-order chi connectivity index (χ1) is 12.6. The van der Waals surface area contributed by atoms with Gasteiger partial charge in [0.15, 0.2) is 5.11 Å². The van der Waals surface area contributed by atoms with Crippen LogP contribution in [0.2, 0.25) is 0 Å². The highest BCUT2D eigenvalue weighted by molar-refractivity contribution is 7.80. The predicted molar refractivity (Wildman–Crippen MR) is 106 cm³/mol. The van der Waals surface area contributed by atoms with Crippen LogP contribution in [-0.2, 0) is 17.9 Å². The van der Waals surface area contributed by atoms with Crippen molar-refractivity contribution < 1.29 is 9.59 Å². The summed E-state index contributed by atoms with van der Waals surface area (Å²) in [6.45, 7) is 1.03. The molecule has 4 N–H and O–H groups in total. The molecule has 2 rings (SSSR count). The summed E-state index contributed by atoms with van der Waals surface area (Å²) in [5, 5.41) is 11.7. The lowest BCUT2D eigenvalue weighted by Gasteiger charge is -2.11. The molecule has 2 aromatic carbocycles. The maximum atomic E-state index is 11.8. The predicted octanol–water partition coefficient (Wildman–Crippen LogP) is 1.33. The molecule has 0 aliphatic heterocycles. The molecular formula is C19H22N4O2S. The third-order valence-electron chi connectivity index (χ3n) is 3.61. The van der Waals surface area contributed by atoms with Gasteiger partial charge in [-0.05, 0) is 35.5 Å². The second-order valence-electron chi connectivity index (χ2n) is 5.58. The van der Waals surface area contributed by atoms with Gasteiger partial charge in [-0.15, -0.1) is 0 Å². The number of rotatable bonds is 7. The van der Waals surface area contributed by atoms with E-state index in [4.69, 9.17) is 12.2 Å². The molecule has 0 atom stereocenters. The Morgan fingerprint density at radius 2 is 1.58 bits per heavy atom. The monoisotopic (exact) mass is 370 g/mol. The summed E-state index contributed by atoms with van der Waals surface area (Å²) in [5.74, 6) is -0.276. The largest absolute Gasteiger partial charge is 0.359 e. The molecular weight excluding hydrogens is 348 g/mol. The summed E-state index contributed by atoms with van der Waals surface area (Å²) in [6, 6.07) is 16.9. The molecule has 0 aromatic heterocycles. The molecule has 6 nitrogen and oxygen atoms in total. The van der Waals surface area contributed by atoms with Crippen LogP contribution in [0.25, 0.3) is 0 Å². The van der Waals surface area contributed by atoms with Crippen molar-refractivity contribution in [2.75, 3.05) is 13.6 Å². The van der Waals surface area contributed by atoms with E-state index >= 15 is 0 Å². The topological polar surface area (TPSA) is 82.3 Å². The van der Waals surface area contributed by atoms with Crippen LogP contribution in [0, 0.1) is 0 Å². The van der Waals surface area contributed by atoms with Gasteiger partial charge in [0.2, 0.25) is 5.91 Å². The lowest BCUT2D eigenvalue weighted by atomic mass is 10.1. The van der Waals surface area contributed by atoms with Crippen LogP contribution in [0.15, 0.2) is 54.6 Å². The molecule has 0 radical (unpaired) electrons. The van der Waals surface area contributed by atoms with Crippen LogP contribution in [0.5, 0.6) is 0 Å². The Bertz CT molecular complexity index is 765. The summed E-state index contributed by atoms with van der Waals surface area (Å²) in [4.78, 5) is 23.5. The van der Waals surface area contributed by atoms with E-state index in [-0.39, 0.29) is 18.4 Å². The molecule has 26 heavy (non-hydrogen) atoms. The third-order valence-corrected chi connectivity index (χ3v) is 3.90. The molecule has 7 heteroatoms. The standard InChI is InChI=1S/C19H22N4O2S/c1-20-18(25)16-9-5-8-15(10-16)12-22-19(26)23-13-17(24)21-11-14-6-3-2-4-7-14/h2-10H,11-13H2,1H3,(H,20,25)(H,21,24)(H2,22,23,26). The van der Waals surface area contributed by atoms with Crippen LogP contribution >= 0.6 is 12.2 Å². The molecule has 0 saturated carbocycles. The lowest BCUT2D eigenvalue weighted by molar-refractivity contribution is -0.120. The smallest absolute Gasteiger partial charge is 0.251 e. The summed E-state index contributed by atoms with van der Waals surface area (Å²) in [7, 11) is 1.59. The maximum Gasteiger partial charge on any atom is 0.251 e. The van der Waals surface area contributed by atoms with Gasteiger partial charge >= 0.3 is 0 Å². The zero-order valence-electron chi connectivity index (χ0n) is 14.5. The van der Waals surface area contributed by atoms with E-state index in [1.807, 2.05) is 42.5 Å². The Kier molecular flexibility index (Phi) is 7.57. The van der Waals surface area contributed by atoms with Crippen LogP contribution in [0.1, 0.15) is 21.5 Å². The first kappa shape index (κ1) is 19.4. The van der Waals surface area contributed by atoms with E-state index in [1.54, 1.807) is 19.2 Å². The highest BCUT2D eigenvalue weighted by Crippen LogP contribution is 2.05. The number of nitrogens with one attached hydrogen (secondary N) is 4. The van der Waals surface area contributed by atoms with Crippen molar-refractivity contribution in [3.05, 3.63) is 71.3 Å². The first-order valence-corrected chi connectivity index (χ1v) is 8.62. The van der Waals surface area contributed by atoms with Gasteiger partial charge < -0.3 is 21.3 Å². The minimum absolute atomic E-state index is 0.0942. The summed E-state index contributed by atoms with van der Waals surface area (Å²) >= 11 is 5.17. The second kappa shape index (κ2) is 10.1. The van der Waals surface area contributed by atoms with Crippen LogP contribution in [0.3, 0.4) is 0 Å². The van der Waals surface area contributed by atoms with Crippen molar-refractivity contribution in [1.82, 2.24) is 21.3 Å². The first-order valence-electron chi connectivity index (χ1n) is 8.22. The maximum absolute atomic E-state index is 11.8. The number of hydrogen-bond donors (Lipinski definition) is 4. The lowest BCUT2D eigenvalue weighted by Crippen LogP contribution is -2.41. The average molecular weight is 370 g/mol. The molecule has 136 valence electrons. The van der Waals surface area contributed by atoms with Crippen molar-refractivity contribution in [3.63, 3.8) is 0 Å². The van der Waals surface area contributed by atoms with Crippen molar-refractivity contribution in [2.45, 2.75) is 13.1 Å². The molecule has 2 aromatic rings. The van der Waals surface area contributed by atoms with Gasteiger partial charge in [0.1, 0.15) is 0 Å². The Labute approximate surface area is 158 Å². The van der Waals surface area contributed by atoms with Crippen LogP contribution < -0.4 is 21.3 Å². The fourth-order valence-corrected chi connectivity index (χ4v) is 2.38. The molecule has 2 amide bonds. The normalized spacial score (nSPS) is 9.88. The molecule has 0 aliphatic rings. The Balaban J connectivity index is 1.70. The second-order valence-corrected chi connectivity index (χ2v) is 5.99. The van der Waals surface area contributed by atoms with E-state index < -0.39 is 0 Å². The molecule has 0 fully saturated rings. The van der Waals surface area contributed by atoms with Crippen LogP contribution in [-0.4, -0.2) is 30.5 Å². The van der Waals surface area contributed by atoms with Gasteiger partial charge in [-0.1, -0.05) is 42.5 Å². The van der Waals surface area contributed by atoms with Crippen molar-refractivity contribution in [3.8, 4) is 0 Å². The van der Waals surface area contributed by atoms with E-state index in [9.17, 15) is 9.59 Å². The third kappa shape index (κ3) is 6.52. The Hall–Kier alpha value is -2.93. The number of amides is 2. The minimum atomic E-state index is -0.139.